The number of hydrogen-bond acceptors (Lipinski definition) is 3. The maximum atomic E-state index is 12.5. The second kappa shape index (κ2) is 3.97. The topological polar surface area (TPSA) is 69.6 Å². The Balaban J connectivity index is 4.09. The van der Waals surface area contributed by atoms with Gasteiger partial charge in [-0.15, -0.1) is 0 Å². The third kappa shape index (κ3) is 4.14. The quantitative estimate of drug-likeness (QED) is 0.583. The minimum Gasteiger partial charge on any atom is -0.477 e. The largest absolute Gasteiger partial charge is 0.477 e. The van der Waals surface area contributed by atoms with Crippen molar-refractivity contribution < 1.29 is 23.8 Å². The highest BCUT2D eigenvalue weighted by Crippen LogP contribution is 2.13. The zero-order chi connectivity index (χ0) is 10.7. The van der Waals surface area contributed by atoms with Crippen LogP contribution >= 0.6 is 0 Å². The molecule has 0 saturated heterocycles. The Hall–Kier alpha value is -0.750. The summed E-state index contributed by atoms with van der Waals surface area (Å²) >= 11 is 0. The van der Waals surface area contributed by atoms with Crippen molar-refractivity contribution in [1.29, 1.82) is 0 Å². The summed E-state index contributed by atoms with van der Waals surface area (Å²) in [7, 11) is 0. The number of aliphatic carboxylic acids is 1. The van der Waals surface area contributed by atoms with Crippen LogP contribution in [0.5, 0.6) is 0 Å². The van der Waals surface area contributed by atoms with E-state index in [1.807, 2.05) is 0 Å². The van der Waals surface area contributed by atoms with E-state index >= 15 is 0 Å². The van der Waals surface area contributed by atoms with Crippen LogP contribution in [0.1, 0.15) is 13.8 Å². The number of carboxylic acids is 1. The minimum absolute atomic E-state index is 0.345. The Morgan fingerprint density at radius 2 is 1.92 bits per heavy atom. The Kier molecular flexibility index (Phi) is 3.74. The number of nitrogens with one attached hydrogen (secondary N) is 1. The van der Waals surface area contributed by atoms with E-state index in [0.717, 1.165) is 0 Å². The van der Waals surface area contributed by atoms with Crippen molar-refractivity contribution in [3.8, 4) is 0 Å². The predicted octanol–water partition coefficient (Wildman–Crippen LogP) is 0.0668. The predicted molar refractivity (Wildman–Crippen MR) is 41.8 cm³/mol. The molecule has 0 aromatic heterocycles. The lowest BCUT2D eigenvalue weighted by molar-refractivity contribution is -0.164. The van der Waals surface area contributed by atoms with Gasteiger partial charge in [0, 0.05) is 5.54 Å². The molecule has 0 radical (unpaired) electrons. The summed E-state index contributed by atoms with van der Waals surface area (Å²) < 4.78 is 24.9. The van der Waals surface area contributed by atoms with Gasteiger partial charge >= 0.3 is 11.9 Å². The van der Waals surface area contributed by atoms with Crippen LogP contribution in [0.15, 0.2) is 0 Å². The summed E-state index contributed by atoms with van der Waals surface area (Å²) in [5, 5.41) is 19.0. The summed E-state index contributed by atoms with van der Waals surface area (Å²) in [6, 6.07) is 0. The molecular formula is C7H13F2NO3. The molecule has 0 saturated carbocycles. The second-order valence-electron chi connectivity index (χ2n) is 3.41. The van der Waals surface area contributed by atoms with Gasteiger partial charge in [0.1, 0.15) is 0 Å². The van der Waals surface area contributed by atoms with E-state index in [9.17, 15) is 13.6 Å². The van der Waals surface area contributed by atoms with Crippen molar-refractivity contribution in [1.82, 2.24) is 5.32 Å². The number of halogens is 2. The lowest BCUT2D eigenvalue weighted by Gasteiger charge is -2.25. The van der Waals surface area contributed by atoms with Gasteiger partial charge in [0.2, 0.25) is 0 Å². The van der Waals surface area contributed by atoms with Crippen LogP contribution in [0, 0.1) is 0 Å². The molecule has 0 aliphatic heterocycles. The standard InChI is InChI=1S/C7H13F2NO3/c1-6(2,4-11)10-3-7(8,9)5(12)13/h10-11H,3-4H2,1-2H3,(H,12,13). The average molecular weight is 197 g/mol. The number of carboxylic acid groups (broad SMARTS) is 1. The lowest BCUT2D eigenvalue weighted by Crippen LogP contribution is -2.50. The molecule has 0 aromatic rings. The summed E-state index contributed by atoms with van der Waals surface area (Å²) in [6.07, 6.45) is 0. The maximum Gasteiger partial charge on any atom is 0.375 e. The smallest absolute Gasteiger partial charge is 0.375 e. The van der Waals surface area contributed by atoms with Gasteiger partial charge in [-0.1, -0.05) is 0 Å². The van der Waals surface area contributed by atoms with Crippen LogP contribution in [0.2, 0.25) is 0 Å². The van der Waals surface area contributed by atoms with Gasteiger partial charge in [-0.3, -0.25) is 0 Å². The van der Waals surface area contributed by atoms with E-state index in [-0.39, 0.29) is 6.61 Å². The molecule has 13 heavy (non-hydrogen) atoms. The highest BCUT2D eigenvalue weighted by atomic mass is 19.3. The molecule has 0 heterocycles. The van der Waals surface area contributed by atoms with E-state index < -0.39 is 24.0 Å². The molecule has 4 nitrogen and oxygen atoms in total. The van der Waals surface area contributed by atoms with Crippen molar-refractivity contribution in [3.05, 3.63) is 0 Å². The number of alkyl halides is 2. The molecule has 0 spiro atoms. The molecule has 78 valence electrons. The van der Waals surface area contributed by atoms with Crippen molar-refractivity contribution in [2.75, 3.05) is 13.2 Å². The van der Waals surface area contributed by atoms with Crippen LogP contribution < -0.4 is 5.32 Å². The van der Waals surface area contributed by atoms with E-state index in [1.165, 1.54) is 13.8 Å². The van der Waals surface area contributed by atoms with Gasteiger partial charge in [-0.05, 0) is 13.8 Å². The van der Waals surface area contributed by atoms with Crippen molar-refractivity contribution in [2.24, 2.45) is 0 Å². The monoisotopic (exact) mass is 197 g/mol. The minimum atomic E-state index is -3.80. The van der Waals surface area contributed by atoms with Crippen LogP contribution in [0.25, 0.3) is 0 Å². The summed E-state index contributed by atoms with van der Waals surface area (Å²) in [5.74, 6) is -5.97. The normalized spacial score (nSPS) is 13.0. The van der Waals surface area contributed by atoms with Crippen molar-refractivity contribution in [3.63, 3.8) is 0 Å². The van der Waals surface area contributed by atoms with Gasteiger partial charge in [0.05, 0.1) is 13.2 Å². The van der Waals surface area contributed by atoms with Crippen molar-refractivity contribution >= 4 is 5.97 Å². The molecular weight excluding hydrogens is 184 g/mol. The molecule has 3 N–H and O–H groups in total. The van der Waals surface area contributed by atoms with Gasteiger partial charge in [-0.2, -0.15) is 8.78 Å². The highest BCUT2D eigenvalue weighted by molar-refractivity contribution is 5.75. The zero-order valence-electron chi connectivity index (χ0n) is 7.47. The number of aliphatic hydroxyl groups excluding tert-OH is 1. The summed E-state index contributed by atoms with van der Waals surface area (Å²) in [5.41, 5.74) is -0.904. The van der Waals surface area contributed by atoms with Gasteiger partial charge in [0.15, 0.2) is 0 Å². The Labute approximate surface area is 74.6 Å². The second-order valence-corrected chi connectivity index (χ2v) is 3.41. The highest BCUT2D eigenvalue weighted by Gasteiger charge is 2.39. The first-order valence-corrected chi connectivity index (χ1v) is 3.68. The first kappa shape index (κ1) is 12.2. The fourth-order valence-electron chi connectivity index (χ4n) is 0.482. The van der Waals surface area contributed by atoms with Crippen LogP contribution in [0.4, 0.5) is 8.78 Å². The number of rotatable bonds is 5. The molecule has 0 fully saturated rings. The Bertz CT molecular complexity index is 194. The maximum absolute atomic E-state index is 12.5. The van der Waals surface area contributed by atoms with Crippen LogP contribution in [-0.2, 0) is 4.79 Å². The van der Waals surface area contributed by atoms with Crippen LogP contribution in [-0.4, -0.2) is 40.8 Å². The average Bonchev–Trinajstić information content (AvgIpc) is 2.01. The molecule has 0 aromatic carbocycles. The first-order valence-electron chi connectivity index (χ1n) is 3.68. The lowest BCUT2D eigenvalue weighted by atomic mass is 10.1. The van der Waals surface area contributed by atoms with E-state index in [2.05, 4.69) is 5.32 Å². The van der Waals surface area contributed by atoms with E-state index in [1.54, 1.807) is 0 Å². The molecule has 6 heteroatoms. The molecule has 0 aliphatic carbocycles. The van der Waals surface area contributed by atoms with E-state index in [4.69, 9.17) is 10.2 Å². The molecule has 0 bridgehead atoms. The number of aliphatic hydroxyl groups is 1. The first-order chi connectivity index (χ1) is 5.71. The van der Waals surface area contributed by atoms with Crippen LogP contribution in [0.3, 0.4) is 0 Å². The Morgan fingerprint density at radius 3 is 2.23 bits per heavy atom. The SMILES string of the molecule is CC(C)(CO)NCC(F)(F)C(=O)O. The third-order valence-corrected chi connectivity index (χ3v) is 1.50. The number of hydrogen-bond donors (Lipinski definition) is 3. The van der Waals surface area contributed by atoms with Crippen molar-refractivity contribution in [2.45, 2.75) is 25.3 Å². The fourth-order valence-corrected chi connectivity index (χ4v) is 0.482. The fraction of sp³-hybridized carbons (Fsp3) is 0.857. The number of carbonyl (C=O) groups is 1. The van der Waals surface area contributed by atoms with Gasteiger partial charge in [-0.25, -0.2) is 4.79 Å². The molecule has 0 atom stereocenters. The Morgan fingerprint density at radius 1 is 1.46 bits per heavy atom. The summed E-state index contributed by atoms with van der Waals surface area (Å²) in [6.45, 7) is 1.65. The zero-order valence-corrected chi connectivity index (χ0v) is 7.47. The van der Waals surface area contributed by atoms with Gasteiger partial charge < -0.3 is 15.5 Å². The third-order valence-electron chi connectivity index (χ3n) is 1.50. The van der Waals surface area contributed by atoms with E-state index in [0.29, 0.717) is 0 Å². The molecule has 0 unspecified atom stereocenters. The molecule has 0 aliphatic rings. The molecule has 0 amide bonds. The molecule has 0 rings (SSSR count). The summed E-state index contributed by atoms with van der Waals surface area (Å²) in [4.78, 5) is 9.97. The van der Waals surface area contributed by atoms with Gasteiger partial charge in [0.25, 0.3) is 0 Å².